The lowest BCUT2D eigenvalue weighted by atomic mass is 10.0. The van der Waals surface area contributed by atoms with Gasteiger partial charge in [0.15, 0.2) is 0 Å². The van der Waals surface area contributed by atoms with E-state index in [4.69, 9.17) is 4.55 Å². The first-order valence-corrected chi connectivity index (χ1v) is 10.7. The van der Waals surface area contributed by atoms with Crippen LogP contribution in [0.4, 0.5) is 4.79 Å². The van der Waals surface area contributed by atoms with Crippen molar-refractivity contribution in [2.75, 3.05) is 13.1 Å². The molecule has 0 radical (unpaired) electrons. The summed E-state index contributed by atoms with van der Waals surface area (Å²) in [5.41, 5.74) is 4.69. The Hall–Kier alpha value is -2.75. The molecule has 1 aromatic heterocycles. The summed E-state index contributed by atoms with van der Waals surface area (Å²) >= 11 is 0. The Labute approximate surface area is 171 Å². The first-order valence-electron chi connectivity index (χ1n) is 9.30. The van der Waals surface area contributed by atoms with Crippen LogP contribution in [0.5, 0.6) is 0 Å². The van der Waals surface area contributed by atoms with Crippen LogP contribution in [0.25, 0.3) is 0 Å². The fourth-order valence-electron chi connectivity index (χ4n) is 4.03. The molecule has 4 amide bonds. The summed E-state index contributed by atoms with van der Waals surface area (Å²) in [6.07, 6.45) is 6.20. The van der Waals surface area contributed by atoms with Crippen LogP contribution in [-0.4, -0.2) is 81.5 Å². The number of imidazole rings is 1. The standard InChI is InChI=1S/C15H21N7O7S/c23-13(11-5-10(6-17-11)20-4-3-16-8-20)18-19-14(24)12-2-1-9-7-21(12)15(25)22(9)29-30(26,27)28/h3-4,8-12,17H,1-2,5-7H2,(H,18,23)(H,19,24)(H,26,27,28)/t9-,10+,11?,12+/m1/s1. The number of fused-ring (bicyclic) bond motifs is 2. The molecule has 1 aromatic rings. The summed E-state index contributed by atoms with van der Waals surface area (Å²) in [6, 6.07) is -2.77. The molecule has 164 valence electrons. The van der Waals surface area contributed by atoms with Crippen molar-refractivity contribution in [3.63, 3.8) is 0 Å². The second kappa shape index (κ2) is 7.82. The third-order valence-electron chi connectivity index (χ3n) is 5.48. The van der Waals surface area contributed by atoms with Gasteiger partial charge < -0.3 is 14.8 Å². The molecule has 3 fully saturated rings. The van der Waals surface area contributed by atoms with Gasteiger partial charge in [-0.1, -0.05) is 0 Å². The number of urea groups is 1. The highest BCUT2D eigenvalue weighted by atomic mass is 32.3. The zero-order valence-corrected chi connectivity index (χ0v) is 16.5. The van der Waals surface area contributed by atoms with E-state index < -0.39 is 46.4 Å². The van der Waals surface area contributed by atoms with Gasteiger partial charge in [0.05, 0.1) is 18.4 Å². The maximum absolute atomic E-state index is 12.5. The fraction of sp³-hybridized carbons (Fsp3) is 0.600. The van der Waals surface area contributed by atoms with Crippen molar-refractivity contribution < 1.29 is 31.6 Å². The predicted octanol–water partition coefficient (Wildman–Crippen LogP) is -2.06. The van der Waals surface area contributed by atoms with Crippen molar-refractivity contribution in [3.05, 3.63) is 18.7 Å². The number of carbonyl (C=O) groups excluding carboxylic acids is 3. The number of hydrogen-bond donors (Lipinski definition) is 4. The molecule has 3 saturated heterocycles. The van der Waals surface area contributed by atoms with Crippen LogP contribution in [0.1, 0.15) is 25.3 Å². The molecule has 14 nitrogen and oxygen atoms in total. The Balaban J connectivity index is 1.29. The molecule has 3 aliphatic heterocycles. The number of aromatic nitrogens is 2. The van der Waals surface area contributed by atoms with Crippen LogP contribution >= 0.6 is 0 Å². The van der Waals surface area contributed by atoms with Crippen molar-refractivity contribution in [1.29, 1.82) is 0 Å². The van der Waals surface area contributed by atoms with Gasteiger partial charge in [0.1, 0.15) is 6.04 Å². The van der Waals surface area contributed by atoms with Gasteiger partial charge >= 0.3 is 16.4 Å². The summed E-state index contributed by atoms with van der Waals surface area (Å²) in [5, 5.41) is 3.63. The number of hydrogen-bond acceptors (Lipinski definition) is 8. The molecule has 0 aliphatic carbocycles. The van der Waals surface area contributed by atoms with Gasteiger partial charge in [-0.25, -0.2) is 9.78 Å². The number of nitrogens with one attached hydrogen (secondary N) is 3. The van der Waals surface area contributed by atoms with E-state index in [2.05, 4.69) is 25.4 Å². The number of carbonyl (C=O) groups is 3. The highest BCUT2D eigenvalue weighted by Gasteiger charge is 2.49. The number of hydrazine groups is 1. The van der Waals surface area contributed by atoms with E-state index >= 15 is 0 Å². The van der Waals surface area contributed by atoms with E-state index in [9.17, 15) is 22.8 Å². The first-order chi connectivity index (χ1) is 14.2. The summed E-state index contributed by atoms with van der Waals surface area (Å²) in [5.74, 6) is -1.02. The SMILES string of the molecule is O=C(NNC(=O)[C@@H]1CC[C@@H]2CN1C(=O)N2OS(=O)(=O)O)C1C[C@H](n2ccnc2)CN1. The van der Waals surface area contributed by atoms with E-state index in [1.165, 1.54) is 0 Å². The zero-order valence-electron chi connectivity index (χ0n) is 15.7. The van der Waals surface area contributed by atoms with Crippen molar-refractivity contribution in [3.8, 4) is 0 Å². The quantitative estimate of drug-likeness (QED) is 0.294. The highest BCUT2D eigenvalue weighted by Crippen LogP contribution is 2.30. The number of nitrogens with zero attached hydrogens (tertiary/aromatic N) is 4. The first kappa shape index (κ1) is 20.5. The summed E-state index contributed by atoms with van der Waals surface area (Å²) in [4.78, 5) is 42.3. The minimum absolute atomic E-state index is 0.0666. The Morgan fingerprint density at radius 3 is 2.70 bits per heavy atom. The molecule has 4 heterocycles. The maximum atomic E-state index is 12.5. The lowest BCUT2D eigenvalue weighted by molar-refractivity contribution is -0.132. The number of piperidine rings is 1. The molecular weight excluding hydrogens is 422 g/mol. The Kier molecular flexibility index (Phi) is 5.35. The number of amides is 4. The van der Waals surface area contributed by atoms with Gasteiger partial charge in [-0.3, -0.25) is 25.0 Å². The molecule has 4 N–H and O–H groups in total. The van der Waals surface area contributed by atoms with Crippen molar-refractivity contribution in [1.82, 2.24) is 35.7 Å². The number of hydroxylamine groups is 2. The fourth-order valence-corrected chi connectivity index (χ4v) is 4.42. The van der Waals surface area contributed by atoms with Crippen LogP contribution in [0, 0.1) is 0 Å². The smallest absolute Gasteiger partial charge is 0.333 e. The zero-order chi connectivity index (χ0) is 21.5. The number of rotatable bonds is 5. The molecule has 2 bridgehead atoms. The molecule has 0 spiro atoms. The molecule has 30 heavy (non-hydrogen) atoms. The summed E-state index contributed by atoms with van der Waals surface area (Å²) in [7, 11) is -4.86. The van der Waals surface area contributed by atoms with Crippen molar-refractivity contribution in [2.45, 2.75) is 43.4 Å². The van der Waals surface area contributed by atoms with Gasteiger partial charge in [0, 0.05) is 31.5 Å². The van der Waals surface area contributed by atoms with E-state index in [0.29, 0.717) is 24.4 Å². The van der Waals surface area contributed by atoms with E-state index in [1.807, 2.05) is 10.8 Å². The monoisotopic (exact) mass is 443 g/mol. The Bertz CT molecular complexity index is 937. The molecule has 1 unspecified atom stereocenters. The molecule has 0 saturated carbocycles. The normalized spacial score (nSPS) is 28.6. The highest BCUT2D eigenvalue weighted by molar-refractivity contribution is 7.80. The van der Waals surface area contributed by atoms with E-state index in [1.54, 1.807) is 12.5 Å². The molecule has 0 aromatic carbocycles. The van der Waals surface area contributed by atoms with Gasteiger partial charge in [-0.05, 0) is 19.3 Å². The molecule has 4 rings (SSSR count). The Morgan fingerprint density at radius 2 is 2.00 bits per heavy atom. The van der Waals surface area contributed by atoms with Crippen LogP contribution in [0.15, 0.2) is 18.7 Å². The van der Waals surface area contributed by atoms with Crippen LogP contribution in [-0.2, 0) is 24.3 Å². The average Bonchev–Trinajstić information content (AvgIpc) is 3.43. The van der Waals surface area contributed by atoms with Crippen LogP contribution in [0.2, 0.25) is 0 Å². The lowest BCUT2D eigenvalue weighted by Crippen LogP contribution is -2.56. The minimum atomic E-state index is -4.86. The predicted molar refractivity (Wildman–Crippen MR) is 97.3 cm³/mol. The van der Waals surface area contributed by atoms with Gasteiger partial charge in [-0.15, -0.1) is 4.28 Å². The Morgan fingerprint density at radius 1 is 1.23 bits per heavy atom. The second-order valence-corrected chi connectivity index (χ2v) is 8.35. The third-order valence-corrected chi connectivity index (χ3v) is 5.83. The third kappa shape index (κ3) is 4.09. The minimum Gasteiger partial charge on any atom is -0.333 e. The molecule has 4 atom stereocenters. The average molecular weight is 443 g/mol. The molecule has 15 heteroatoms. The van der Waals surface area contributed by atoms with Gasteiger partial charge in [-0.2, -0.15) is 13.5 Å². The van der Waals surface area contributed by atoms with Crippen molar-refractivity contribution >= 4 is 28.2 Å². The lowest BCUT2D eigenvalue weighted by Gasteiger charge is -2.29. The van der Waals surface area contributed by atoms with Crippen LogP contribution in [0.3, 0.4) is 0 Å². The van der Waals surface area contributed by atoms with E-state index in [-0.39, 0.29) is 19.0 Å². The largest absolute Gasteiger partial charge is 0.418 e. The molecular formula is C15H21N7O7S. The maximum Gasteiger partial charge on any atom is 0.418 e. The van der Waals surface area contributed by atoms with Gasteiger partial charge in [0.2, 0.25) is 0 Å². The topological polar surface area (TPSA) is 175 Å². The summed E-state index contributed by atoms with van der Waals surface area (Å²) in [6.45, 7) is 0.648. The second-order valence-electron chi connectivity index (χ2n) is 7.35. The van der Waals surface area contributed by atoms with Crippen LogP contribution < -0.4 is 16.2 Å². The van der Waals surface area contributed by atoms with E-state index in [0.717, 1.165) is 4.90 Å². The van der Waals surface area contributed by atoms with Gasteiger partial charge in [0.25, 0.3) is 11.8 Å². The molecule has 3 aliphatic rings. The van der Waals surface area contributed by atoms with Crippen molar-refractivity contribution in [2.24, 2.45) is 0 Å². The summed E-state index contributed by atoms with van der Waals surface area (Å²) < 4.78 is 36.9.